The number of carbonyl (C=O) groups is 1. The summed E-state index contributed by atoms with van der Waals surface area (Å²) in [5.41, 5.74) is 0. The van der Waals surface area contributed by atoms with Gasteiger partial charge in [0.05, 0.1) is 12.4 Å². The van der Waals surface area contributed by atoms with Gasteiger partial charge in [-0.2, -0.15) is 0 Å². The monoisotopic (exact) mass is 264 g/mol. The summed E-state index contributed by atoms with van der Waals surface area (Å²) in [6.45, 7) is 2.03. The van der Waals surface area contributed by atoms with E-state index < -0.39 is 10.0 Å². The molecule has 0 aromatic rings. The Balaban J connectivity index is 2.26. The molecule has 6 nitrogen and oxygen atoms in total. The summed E-state index contributed by atoms with van der Waals surface area (Å²) >= 11 is 0. The molecular weight excluding hydrogens is 244 g/mol. The molecule has 0 aromatic heterocycles. The van der Waals surface area contributed by atoms with Crippen molar-refractivity contribution in [2.24, 2.45) is 0 Å². The number of amides is 1. The highest BCUT2D eigenvalue weighted by Gasteiger charge is 2.25. The Labute approximate surface area is 102 Å². The largest absolute Gasteiger partial charge is 0.383 e. The molecule has 1 heterocycles. The number of ether oxygens (including phenoxy) is 1. The van der Waals surface area contributed by atoms with Crippen LogP contribution >= 0.6 is 0 Å². The number of carbonyl (C=O) groups excluding carboxylic acids is 1. The van der Waals surface area contributed by atoms with Gasteiger partial charge in [0.2, 0.25) is 15.9 Å². The number of methoxy groups -OCH3 is 1. The van der Waals surface area contributed by atoms with Crippen LogP contribution in [0, 0.1) is 0 Å². The number of hydrogen-bond acceptors (Lipinski definition) is 4. The number of sulfonamides is 1. The van der Waals surface area contributed by atoms with Crippen LogP contribution in [-0.2, 0) is 19.6 Å². The highest BCUT2D eigenvalue weighted by molar-refractivity contribution is 7.89. The maximum absolute atomic E-state index is 11.8. The summed E-state index contributed by atoms with van der Waals surface area (Å²) < 4.78 is 29.8. The molecule has 100 valence electrons. The first-order valence-electron chi connectivity index (χ1n) is 5.80. The second kappa shape index (κ2) is 6.93. The zero-order chi connectivity index (χ0) is 12.7. The molecule has 1 N–H and O–H groups in total. The molecule has 0 aromatic carbocycles. The molecule has 0 spiro atoms. The van der Waals surface area contributed by atoms with Crippen LogP contribution in [0.4, 0.5) is 0 Å². The van der Waals surface area contributed by atoms with E-state index in [0.717, 1.165) is 12.8 Å². The van der Waals surface area contributed by atoms with Crippen molar-refractivity contribution in [3.63, 3.8) is 0 Å². The molecule has 0 radical (unpaired) electrons. The van der Waals surface area contributed by atoms with E-state index >= 15 is 0 Å². The van der Waals surface area contributed by atoms with E-state index in [9.17, 15) is 13.2 Å². The molecule has 0 bridgehead atoms. The first kappa shape index (κ1) is 14.4. The predicted octanol–water partition coefficient (Wildman–Crippen LogP) is -0.435. The number of hydrogen-bond donors (Lipinski definition) is 1. The van der Waals surface area contributed by atoms with Crippen LogP contribution in [0.5, 0.6) is 0 Å². The summed E-state index contributed by atoms with van der Waals surface area (Å²) in [5.74, 6) is -0.351. The second-order valence-electron chi connectivity index (χ2n) is 4.01. The van der Waals surface area contributed by atoms with Gasteiger partial charge in [-0.15, -0.1) is 0 Å². The molecule has 17 heavy (non-hydrogen) atoms. The van der Waals surface area contributed by atoms with Crippen LogP contribution in [0.25, 0.3) is 0 Å². The first-order valence-corrected chi connectivity index (χ1v) is 7.40. The first-order chi connectivity index (χ1) is 8.06. The minimum Gasteiger partial charge on any atom is -0.383 e. The molecule has 1 aliphatic heterocycles. The van der Waals surface area contributed by atoms with Crippen molar-refractivity contribution in [2.45, 2.75) is 19.3 Å². The number of rotatable bonds is 7. The van der Waals surface area contributed by atoms with Crippen molar-refractivity contribution >= 4 is 15.9 Å². The highest BCUT2D eigenvalue weighted by Crippen LogP contribution is 2.13. The second-order valence-corrected chi connectivity index (χ2v) is 6.10. The summed E-state index contributed by atoms with van der Waals surface area (Å²) in [7, 11) is -1.70. The third-order valence-electron chi connectivity index (χ3n) is 2.67. The molecule has 1 amide bonds. The van der Waals surface area contributed by atoms with Gasteiger partial charge in [-0.05, 0) is 12.8 Å². The highest BCUT2D eigenvalue weighted by atomic mass is 32.2. The third kappa shape index (κ3) is 5.01. The molecule has 1 saturated heterocycles. The third-order valence-corrected chi connectivity index (χ3v) is 4.55. The molecule has 0 aliphatic carbocycles. The SMILES string of the molecule is COCCNC(=O)CCS(=O)(=O)N1CCCC1. The average Bonchev–Trinajstić information content (AvgIpc) is 2.81. The fraction of sp³-hybridized carbons (Fsp3) is 0.900. The summed E-state index contributed by atoms with van der Waals surface area (Å²) in [4.78, 5) is 11.3. The van der Waals surface area contributed by atoms with Crippen LogP contribution in [0.3, 0.4) is 0 Å². The summed E-state index contributed by atoms with van der Waals surface area (Å²) in [6.07, 6.45) is 1.85. The lowest BCUT2D eigenvalue weighted by Gasteiger charge is -2.14. The van der Waals surface area contributed by atoms with Crippen LogP contribution in [0.2, 0.25) is 0 Å². The number of nitrogens with zero attached hydrogens (tertiary/aromatic N) is 1. The maximum atomic E-state index is 11.8. The normalized spacial score (nSPS) is 17.2. The molecule has 0 atom stereocenters. The van der Waals surface area contributed by atoms with Crippen molar-refractivity contribution in [1.29, 1.82) is 0 Å². The Morgan fingerprint density at radius 1 is 1.35 bits per heavy atom. The van der Waals surface area contributed by atoms with E-state index in [0.29, 0.717) is 26.2 Å². The summed E-state index contributed by atoms with van der Waals surface area (Å²) in [6, 6.07) is 0. The van der Waals surface area contributed by atoms with Crippen LogP contribution in [-0.4, -0.2) is 57.7 Å². The Bertz CT molecular complexity index is 336. The molecule has 1 fully saturated rings. The topological polar surface area (TPSA) is 75.7 Å². The van der Waals surface area contributed by atoms with E-state index in [1.54, 1.807) is 7.11 Å². The van der Waals surface area contributed by atoms with Gasteiger partial charge >= 0.3 is 0 Å². The lowest BCUT2D eigenvalue weighted by Crippen LogP contribution is -2.34. The van der Waals surface area contributed by atoms with Crippen molar-refractivity contribution in [2.75, 3.05) is 39.1 Å². The van der Waals surface area contributed by atoms with Crippen LogP contribution in [0.15, 0.2) is 0 Å². The van der Waals surface area contributed by atoms with Crippen molar-refractivity contribution in [1.82, 2.24) is 9.62 Å². The Morgan fingerprint density at radius 2 is 2.00 bits per heavy atom. The lowest BCUT2D eigenvalue weighted by atomic mass is 10.4. The lowest BCUT2D eigenvalue weighted by molar-refractivity contribution is -0.120. The molecule has 0 saturated carbocycles. The molecule has 0 unspecified atom stereocenters. The standard InChI is InChI=1S/C10H20N2O4S/c1-16-8-5-11-10(13)4-9-17(14,15)12-6-2-3-7-12/h2-9H2,1H3,(H,11,13). The van der Waals surface area contributed by atoms with Gasteiger partial charge in [-0.3, -0.25) is 4.79 Å². The van der Waals surface area contributed by atoms with Crippen molar-refractivity contribution < 1.29 is 17.9 Å². The minimum atomic E-state index is -3.24. The zero-order valence-corrected chi connectivity index (χ0v) is 11.0. The fourth-order valence-corrected chi connectivity index (χ4v) is 3.21. The molecule has 1 aliphatic rings. The van der Waals surface area contributed by atoms with Crippen LogP contribution in [0.1, 0.15) is 19.3 Å². The van der Waals surface area contributed by atoms with Crippen LogP contribution < -0.4 is 5.32 Å². The zero-order valence-electron chi connectivity index (χ0n) is 10.1. The Hall–Kier alpha value is -0.660. The van der Waals surface area contributed by atoms with E-state index in [2.05, 4.69) is 5.32 Å². The van der Waals surface area contributed by atoms with Crippen molar-refractivity contribution in [3.05, 3.63) is 0 Å². The maximum Gasteiger partial charge on any atom is 0.221 e. The fourth-order valence-electron chi connectivity index (χ4n) is 1.70. The van der Waals surface area contributed by atoms with E-state index in [1.165, 1.54) is 4.31 Å². The Kier molecular flexibility index (Phi) is 5.87. The van der Waals surface area contributed by atoms with E-state index in [1.807, 2.05) is 0 Å². The van der Waals surface area contributed by atoms with Gasteiger partial charge in [-0.1, -0.05) is 0 Å². The van der Waals surface area contributed by atoms with Gasteiger partial charge in [0.15, 0.2) is 0 Å². The number of nitrogens with one attached hydrogen (secondary N) is 1. The van der Waals surface area contributed by atoms with E-state index in [-0.39, 0.29) is 18.1 Å². The smallest absolute Gasteiger partial charge is 0.221 e. The Morgan fingerprint density at radius 3 is 2.59 bits per heavy atom. The quantitative estimate of drug-likeness (QED) is 0.633. The van der Waals surface area contributed by atoms with Gasteiger partial charge in [0, 0.05) is 33.2 Å². The summed E-state index contributed by atoms with van der Waals surface area (Å²) in [5, 5.41) is 2.60. The van der Waals surface area contributed by atoms with Gasteiger partial charge in [0.25, 0.3) is 0 Å². The van der Waals surface area contributed by atoms with Crippen molar-refractivity contribution in [3.8, 4) is 0 Å². The van der Waals surface area contributed by atoms with Gasteiger partial charge < -0.3 is 10.1 Å². The van der Waals surface area contributed by atoms with Gasteiger partial charge in [0.1, 0.15) is 0 Å². The predicted molar refractivity (Wildman–Crippen MR) is 64.1 cm³/mol. The average molecular weight is 264 g/mol. The minimum absolute atomic E-state index is 0.0164. The molecular formula is C10H20N2O4S. The van der Waals surface area contributed by atoms with Gasteiger partial charge in [-0.25, -0.2) is 12.7 Å². The molecule has 7 heteroatoms. The molecule has 1 rings (SSSR count). The van der Waals surface area contributed by atoms with E-state index in [4.69, 9.17) is 4.74 Å².